The molecule has 1 saturated carbocycles. The Bertz CT molecular complexity index is 594. The molecule has 1 aromatic rings. The smallest absolute Gasteiger partial charge is 0.234 e. The van der Waals surface area contributed by atoms with Crippen LogP contribution in [0, 0.1) is 0 Å². The summed E-state index contributed by atoms with van der Waals surface area (Å²) >= 11 is 0. The quantitative estimate of drug-likeness (QED) is 0.877. The van der Waals surface area contributed by atoms with Crippen LogP contribution in [0.1, 0.15) is 50.2 Å². The standard InChI is InChI=1S/C20H28N2O3/c23-17-12-18(15-4-2-1-3-5-15)25-20(13-17)8-10-22(11-9-20)14-19(24)21-16-6-7-16/h1-5,16-18,23H,6-14H2,(H,21,24)/t17-,18-/m1/s1. The lowest BCUT2D eigenvalue weighted by atomic mass is 9.81. The van der Waals surface area contributed by atoms with E-state index in [1.54, 1.807) is 0 Å². The average Bonchev–Trinajstić information content (AvgIpc) is 3.41. The predicted molar refractivity (Wildman–Crippen MR) is 95.1 cm³/mol. The van der Waals surface area contributed by atoms with Gasteiger partial charge < -0.3 is 15.2 Å². The van der Waals surface area contributed by atoms with Gasteiger partial charge in [-0.25, -0.2) is 0 Å². The fourth-order valence-corrected chi connectivity index (χ4v) is 4.17. The number of carbonyl (C=O) groups excluding carboxylic acids is 1. The van der Waals surface area contributed by atoms with Gasteiger partial charge in [0.2, 0.25) is 5.91 Å². The van der Waals surface area contributed by atoms with E-state index in [1.165, 1.54) is 0 Å². The summed E-state index contributed by atoms with van der Waals surface area (Å²) in [5, 5.41) is 13.5. The van der Waals surface area contributed by atoms with Crippen LogP contribution in [-0.4, -0.2) is 53.3 Å². The average molecular weight is 344 g/mol. The van der Waals surface area contributed by atoms with Gasteiger partial charge in [0, 0.05) is 32.0 Å². The minimum atomic E-state index is -0.316. The van der Waals surface area contributed by atoms with Gasteiger partial charge in [0.25, 0.3) is 0 Å². The summed E-state index contributed by atoms with van der Waals surface area (Å²) in [6.07, 6.45) is 5.03. The van der Waals surface area contributed by atoms with Gasteiger partial charge in [-0.15, -0.1) is 0 Å². The third-order valence-electron chi connectivity index (χ3n) is 5.73. The number of piperidine rings is 1. The van der Waals surface area contributed by atoms with Crippen LogP contribution in [0.2, 0.25) is 0 Å². The zero-order chi connectivity index (χ0) is 17.3. The third kappa shape index (κ3) is 4.22. The topological polar surface area (TPSA) is 61.8 Å². The zero-order valence-corrected chi connectivity index (χ0v) is 14.7. The largest absolute Gasteiger partial charge is 0.393 e. The number of amides is 1. The molecule has 2 aliphatic heterocycles. The highest BCUT2D eigenvalue weighted by molar-refractivity contribution is 5.78. The van der Waals surface area contributed by atoms with Crippen LogP contribution in [0.25, 0.3) is 0 Å². The second-order valence-electron chi connectivity index (χ2n) is 7.91. The van der Waals surface area contributed by atoms with E-state index < -0.39 is 0 Å². The molecule has 0 aromatic heterocycles. The third-order valence-corrected chi connectivity index (χ3v) is 5.73. The second kappa shape index (κ2) is 7.06. The highest BCUT2D eigenvalue weighted by Gasteiger charge is 2.43. The SMILES string of the molecule is O=C(CN1CCC2(CC1)C[C@H](O)C[C@H](c1ccccc1)O2)NC1CC1. The summed E-state index contributed by atoms with van der Waals surface area (Å²) in [6.45, 7) is 2.19. The monoisotopic (exact) mass is 344 g/mol. The number of aliphatic hydroxyl groups is 1. The van der Waals surface area contributed by atoms with Gasteiger partial charge in [0.1, 0.15) is 0 Å². The summed E-state index contributed by atoms with van der Waals surface area (Å²) in [5.74, 6) is 0.144. The minimum Gasteiger partial charge on any atom is -0.393 e. The Morgan fingerprint density at radius 3 is 2.64 bits per heavy atom. The number of nitrogens with one attached hydrogen (secondary N) is 1. The van der Waals surface area contributed by atoms with Crippen molar-refractivity contribution < 1.29 is 14.6 Å². The number of hydrogen-bond acceptors (Lipinski definition) is 4. The number of benzene rings is 1. The van der Waals surface area contributed by atoms with Crippen molar-refractivity contribution in [1.29, 1.82) is 0 Å². The molecule has 0 unspecified atom stereocenters. The zero-order valence-electron chi connectivity index (χ0n) is 14.7. The summed E-state index contributed by atoms with van der Waals surface area (Å²) in [6, 6.07) is 10.6. The van der Waals surface area contributed by atoms with Crippen molar-refractivity contribution in [3.05, 3.63) is 35.9 Å². The van der Waals surface area contributed by atoms with Crippen molar-refractivity contribution in [1.82, 2.24) is 10.2 Å². The molecular formula is C20H28N2O3. The molecule has 0 radical (unpaired) electrons. The molecule has 1 spiro atoms. The first-order valence-electron chi connectivity index (χ1n) is 9.54. The van der Waals surface area contributed by atoms with Crippen LogP contribution in [0.15, 0.2) is 30.3 Å². The van der Waals surface area contributed by atoms with Crippen molar-refractivity contribution in [2.45, 2.75) is 62.4 Å². The minimum absolute atomic E-state index is 0.0327. The molecule has 2 N–H and O–H groups in total. The van der Waals surface area contributed by atoms with E-state index in [9.17, 15) is 9.90 Å². The highest BCUT2D eigenvalue weighted by atomic mass is 16.5. The molecule has 1 aliphatic carbocycles. The van der Waals surface area contributed by atoms with Crippen molar-refractivity contribution in [2.24, 2.45) is 0 Å². The van der Waals surface area contributed by atoms with Gasteiger partial charge in [-0.05, 0) is 31.2 Å². The maximum absolute atomic E-state index is 12.0. The predicted octanol–water partition coefficient (Wildman–Crippen LogP) is 2.01. The lowest BCUT2D eigenvalue weighted by molar-refractivity contribution is -0.184. The lowest BCUT2D eigenvalue weighted by Gasteiger charge is -2.48. The van der Waals surface area contributed by atoms with Gasteiger partial charge in [-0.1, -0.05) is 30.3 Å². The summed E-state index contributed by atoms with van der Waals surface area (Å²) in [4.78, 5) is 14.2. The molecule has 1 amide bonds. The lowest BCUT2D eigenvalue weighted by Crippen LogP contribution is -2.52. The van der Waals surface area contributed by atoms with Crippen LogP contribution in [0.3, 0.4) is 0 Å². The number of hydrogen-bond donors (Lipinski definition) is 2. The number of ether oxygens (including phenoxy) is 1. The number of rotatable bonds is 4. The van der Waals surface area contributed by atoms with E-state index in [0.717, 1.165) is 44.3 Å². The Balaban J connectivity index is 1.35. The Morgan fingerprint density at radius 2 is 1.96 bits per heavy atom. The van der Waals surface area contributed by atoms with E-state index in [0.29, 0.717) is 25.4 Å². The van der Waals surface area contributed by atoms with Gasteiger partial charge >= 0.3 is 0 Å². The molecule has 3 aliphatic rings. The fraction of sp³-hybridized carbons (Fsp3) is 0.650. The summed E-state index contributed by atoms with van der Waals surface area (Å²) < 4.78 is 6.51. The first kappa shape index (κ1) is 17.0. The van der Waals surface area contributed by atoms with Gasteiger partial charge in [-0.2, -0.15) is 0 Å². The van der Waals surface area contributed by atoms with Gasteiger partial charge in [0.05, 0.1) is 24.4 Å². The summed E-state index contributed by atoms with van der Waals surface area (Å²) in [5.41, 5.74) is 0.897. The van der Waals surface area contributed by atoms with Crippen LogP contribution in [-0.2, 0) is 9.53 Å². The van der Waals surface area contributed by atoms with Crippen molar-refractivity contribution in [3.63, 3.8) is 0 Å². The number of carbonyl (C=O) groups is 1. The Kier molecular flexibility index (Phi) is 4.80. The number of aliphatic hydroxyl groups excluding tert-OH is 1. The van der Waals surface area contributed by atoms with Gasteiger partial charge in [0.15, 0.2) is 0 Å². The van der Waals surface area contributed by atoms with E-state index in [-0.39, 0.29) is 23.7 Å². The Hall–Kier alpha value is -1.43. The van der Waals surface area contributed by atoms with E-state index in [1.807, 2.05) is 18.2 Å². The number of nitrogens with zero attached hydrogens (tertiary/aromatic N) is 1. The van der Waals surface area contributed by atoms with Crippen LogP contribution in [0.5, 0.6) is 0 Å². The molecule has 3 fully saturated rings. The normalized spacial score (nSPS) is 29.5. The maximum Gasteiger partial charge on any atom is 0.234 e. The van der Waals surface area contributed by atoms with Crippen LogP contribution in [0.4, 0.5) is 0 Å². The molecule has 2 saturated heterocycles. The molecule has 25 heavy (non-hydrogen) atoms. The van der Waals surface area contributed by atoms with E-state index in [4.69, 9.17) is 4.74 Å². The van der Waals surface area contributed by atoms with Gasteiger partial charge in [-0.3, -0.25) is 9.69 Å². The van der Waals surface area contributed by atoms with Crippen LogP contribution >= 0.6 is 0 Å². The summed E-state index contributed by atoms with van der Waals surface area (Å²) in [7, 11) is 0. The molecule has 2 heterocycles. The van der Waals surface area contributed by atoms with Crippen LogP contribution < -0.4 is 5.32 Å². The fourth-order valence-electron chi connectivity index (χ4n) is 4.17. The number of likely N-dealkylation sites (tertiary alicyclic amines) is 1. The van der Waals surface area contributed by atoms with Crippen molar-refractivity contribution in [2.75, 3.05) is 19.6 Å². The molecule has 5 heteroatoms. The molecule has 2 atom stereocenters. The molecule has 5 nitrogen and oxygen atoms in total. The molecule has 4 rings (SSSR count). The molecule has 136 valence electrons. The molecule has 0 bridgehead atoms. The van der Waals surface area contributed by atoms with Crippen molar-refractivity contribution >= 4 is 5.91 Å². The Morgan fingerprint density at radius 1 is 1.24 bits per heavy atom. The van der Waals surface area contributed by atoms with E-state index >= 15 is 0 Å². The molecule has 1 aromatic carbocycles. The second-order valence-corrected chi connectivity index (χ2v) is 7.91. The highest BCUT2D eigenvalue weighted by Crippen LogP contribution is 2.42. The van der Waals surface area contributed by atoms with Crippen molar-refractivity contribution in [3.8, 4) is 0 Å². The van der Waals surface area contributed by atoms with E-state index in [2.05, 4.69) is 22.3 Å². The molecular weight excluding hydrogens is 316 g/mol. The first-order chi connectivity index (χ1) is 12.1. The maximum atomic E-state index is 12.0. The Labute approximate surface area is 149 Å². The first-order valence-corrected chi connectivity index (χ1v) is 9.54.